The predicted octanol–water partition coefficient (Wildman–Crippen LogP) is 1.67. The number of carbonyl (C=O) groups excluding carboxylic acids is 1. The van der Waals surface area contributed by atoms with Crippen molar-refractivity contribution in [3.8, 4) is 0 Å². The van der Waals surface area contributed by atoms with Crippen LogP contribution in [-0.2, 0) is 14.3 Å². The molecule has 74 valence electrons. The van der Waals surface area contributed by atoms with Gasteiger partial charge in [-0.2, -0.15) is 0 Å². The van der Waals surface area contributed by atoms with Gasteiger partial charge in [0, 0.05) is 5.57 Å². The highest BCUT2D eigenvalue weighted by atomic mass is 16.6. The van der Waals surface area contributed by atoms with Gasteiger partial charge in [-0.1, -0.05) is 13.5 Å². The summed E-state index contributed by atoms with van der Waals surface area (Å²) in [6.07, 6.45) is 0.739. The van der Waals surface area contributed by atoms with Gasteiger partial charge in [-0.05, 0) is 20.3 Å². The van der Waals surface area contributed by atoms with Crippen molar-refractivity contribution in [2.45, 2.75) is 38.9 Å². The fraction of sp³-hybridized carbons (Fsp3) is 0.700. The zero-order chi connectivity index (χ0) is 10.1. The minimum atomic E-state index is -0.326. The third kappa shape index (κ3) is 1.91. The summed E-state index contributed by atoms with van der Waals surface area (Å²) in [6, 6.07) is 0. The van der Waals surface area contributed by atoms with Crippen molar-refractivity contribution in [1.29, 1.82) is 0 Å². The molecule has 0 aromatic rings. The average molecular weight is 184 g/mol. The molecule has 1 rings (SSSR count). The second-order valence-corrected chi connectivity index (χ2v) is 3.65. The van der Waals surface area contributed by atoms with Crippen molar-refractivity contribution in [2.24, 2.45) is 0 Å². The van der Waals surface area contributed by atoms with Crippen LogP contribution in [-0.4, -0.2) is 24.3 Å². The lowest BCUT2D eigenvalue weighted by molar-refractivity contribution is -0.242. The standard InChI is InChI=1S/C10H16O3/c1-5-10(4)8(6-12-10)13-9(11)7(2)3/h8H,2,5-6H2,1,3-4H3. The Balaban J connectivity index is 2.47. The minimum absolute atomic E-state index is 0.110. The molecule has 1 aliphatic rings. The number of ether oxygens (including phenoxy) is 2. The molecule has 2 atom stereocenters. The number of hydrogen-bond donors (Lipinski definition) is 0. The van der Waals surface area contributed by atoms with E-state index in [4.69, 9.17) is 9.47 Å². The molecular formula is C10H16O3. The van der Waals surface area contributed by atoms with Crippen molar-refractivity contribution >= 4 is 5.97 Å². The molecule has 0 bridgehead atoms. The largest absolute Gasteiger partial charge is 0.453 e. The first-order valence-corrected chi connectivity index (χ1v) is 4.50. The molecular weight excluding hydrogens is 168 g/mol. The van der Waals surface area contributed by atoms with Gasteiger partial charge < -0.3 is 9.47 Å². The molecule has 1 saturated heterocycles. The van der Waals surface area contributed by atoms with Crippen LogP contribution in [0.3, 0.4) is 0 Å². The normalized spacial score (nSPS) is 32.1. The van der Waals surface area contributed by atoms with Gasteiger partial charge in [0.25, 0.3) is 0 Å². The highest BCUT2D eigenvalue weighted by Gasteiger charge is 2.45. The lowest BCUT2D eigenvalue weighted by Crippen LogP contribution is -2.57. The smallest absolute Gasteiger partial charge is 0.333 e. The van der Waals surface area contributed by atoms with Crippen LogP contribution >= 0.6 is 0 Å². The van der Waals surface area contributed by atoms with Gasteiger partial charge in [0.2, 0.25) is 0 Å². The quantitative estimate of drug-likeness (QED) is 0.494. The first-order valence-electron chi connectivity index (χ1n) is 4.50. The van der Waals surface area contributed by atoms with Crippen molar-refractivity contribution in [2.75, 3.05) is 6.61 Å². The number of rotatable bonds is 3. The second kappa shape index (κ2) is 3.50. The summed E-state index contributed by atoms with van der Waals surface area (Å²) >= 11 is 0. The lowest BCUT2D eigenvalue weighted by Gasteiger charge is -2.45. The highest BCUT2D eigenvalue weighted by molar-refractivity contribution is 5.87. The fourth-order valence-corrected chi connectivity index (χ4v) is 1.15. The van der Waals surface area contributed by atoms with Gasteiger partial charge in [0.05, 0.1) is 6.61 Å². The van der Waals surface area contributed by atoms with Gasteiger partial charge >= 0.3 is 5.97 Å². The molecule has 13 heavy (non-hydrogen) atoms. The van der Waals surface area contributed by atoms with Gasteiger partial charge in [-0.25, -0.2) is 4.79 Å². The Morgan fingerprint density at radius 3 is 2.69 bits per heavy atom. The Bertz CT molecular complexity index is 230. The van der Waals surface area contributed by atoms with Gasteiger partial charge in [-0.15, -0.1) is 0 Å². The van der Waals surface area contributed by atoms with E-state index < -0.39 is 0 Å². The topological polar surface area (TPSA) is 35.5 Å². The summed E-state index contributed by atoms with van der Waals surface area (Å²) < 4.78 is 10.5. The summed E-state index contributed by atoms with van der Waals surface area (Å²) in [5.74, 6) is -0.326. The van der Waals surface area contributed by atoms with Crippen LogP contribution in [0.4, 0.5) is 0 Å². The molecule has 1 aliphatic heterocycles. The molecule has 0 aliphatic carbocycles. The molecule has 0 amide bonds. The van der Waals surface area contributed by atoms with Crippen LogP contribution in [0.25, 0.3) is 0 Å². The summed E-state index contributed by atoms with van der Waals surface area (Å²) in [7, 11) is 0. The molecule has 0 aromatic carbocycles. The number of hydrogen-bond acceptors (Lipinski definition) is 3. The van der Waals surface area contributed by atoms with Crippen LogP contribution in [0.2, 0.25) is 0 Å². The number of carbonyl (C=O) groups is 1. The SMILES string of the molecule is C=C(C)C(=O)OC1COC1(C)CC. The van der Waals surface area contributed by atoms with Crippen LogP contribution in [0.15, 0.2) is 12.2 Å². The summed E-state index contributed by atoms with van der Waals surface area (Å²) in [5.41, 5.74) is 0.149. The molecule has 0 aromatic heterocycles. The molecule has 0 spiro atoms. The van der Waals surface area contributed by atoms with Crippen LogP contribution in [0, 0.1) is 0 Å². The van der Waals surface area contributed by atoms with E-state index in [1.54, 1.807) is 6.92 Å². The van der Waals surface area contributed by atoms with Crippen molar-refractivity contribution in [1.82, 2.24) is 0 Å². The second-order valence-electron chi connectivity index (χ2n) is 3.65. The maximum absolute atomic E-state index is 11.2. The Morgan fingerprint density at radius 2 is 2.38 bits per heavy atom. The molecule has 1 fully saturated rings. The van der Waals surface area contributed by atoms with Crippen molar-refractivity contribution < 1.29 is 14.3 Å². The van der Waals surface area contributed by atoms with Crippen LogP contribution < -0.4 is 0 Å². The Labute approximate surface area is 78.7 Å². The maximum Gasteiger partial charge on any atom is 0.333 e. The summed E-state index contributed by atoms with van der Waals surface area (Å²) in [5, 5.41) is 0. The Morgan fingerprint density at radius 1 is 1.77 bits per heavy atom. The van der Waals surface area contributed by atoms with E-state index in [1.165, 1.54) is 0 Å². The fourth-order valence-electron chi connectivity index (χ4n) is 1.15. The monoisotopic (exact) mass is 184 g/mol. The molecule has 3 nitrogen and oxygen atoms in total. The molecule has 0 saturated carbocycles. The third-order valence-corrected chi connectivity index (χ3v) is 2.55. The van der Waals surface area contributed by atoms with Crippen LogP contribution in [0.5, 0.6) is 0 Å². The highest BCUT2D eigenvalue weighted by Crippen LogP contribution is 2.32. The van der Waals surface area contributed by atoms with Crippen LogP contribution in [0.1, 0.15) is 27.2 Å². The Hall–Kier alpha value is -0.830. The molecule has 2 unspecified atom stereocenters. The molecule has 0 radical (unpaired) electrons. The van der Waals surface area contributed by atoms with Gasteiger partial charge in [0.15, 0.2) is 6.10 Å². The van der Waals surface area contributed by atoms with E-state index in [9.17, 15) is 4.79 Å². The third-order valence-electron chi connectivity index (χ3n) is 2.55. The first-order chi connectivity index (χ1) is 5.99. The summed E-state index contributed by atoms with van der Waals surface area (Å²) in [4.78, 5) is 11.2. The zero-order valence-corrected chi connectivity index (χ0v) is 8.42. The van der Waals surface area contributed by atoms with E-state index in [1.807, 2.05) is 13.8 Å². The maximum atomic E-state index is 11.2. The molecule has 3 heteroatoms. The van der Waals surface area contributed by atoms with Gasteiger partial charge in [-0.3, -0.25) is 0 Å². The summed E-state index contributed by atoms with van der Waals surface area (Å²) in [6.45, 7) is 9.64. The van der Waals surface area contributed by atoms with E-state index in [-0.39, 0.29) is 17.7 Å². The van der Waals surface area contributed by atoms with E-state index in [2.05, 4.69) is 6.58 Å². The molecule has 0 N–H and O–H groups in total. The number of esters is 1. The molecule has 1 heterocycles. The van der Waals surface area contributed by atoms with Crippen molar-refractivity contribution in [3.05, 3.63) is 12.2 Å². The van der Waals surface area contributed by atoms with E-state index >= 15 is 0 Å². The zero-order valence-electron chi connectivity index (χ0n) is 8.42. The average Bonchev–Trinajstić information content (AvgIpc) is 2.10. The lowest BCUT2D eigenvalue weighted by atomic mass is 9.91. The minimum Gasteiger partial charge on any atom is -0.453 e. The van der Waals surface area contributed by atoms with E-state index in [0.29, 0.717) is 12.2 Å². The first kappa shape index (κ1) is 10.3. The van der Waals surface area contributed by atoms with Gasteiger partial charge in [0.1, 0.15) is 5.60 Å². The van der Waals surface area contributed by atoms with Crippen molar-refractivity contribution in [3.63, 3.8) is 0 Å². The van der Waals surface area contributed by atoms with E-state index in [0.717, 1.165) is 6.42 Å². The predicted molar refractivity (Wildman–Crippen MR) is 49.3 cm³/mol. The Kier molecular flexibility index (Phi) is 2.76.